The maximum Gasteiger partial charge on any atom is 0.147 e. The van der Waals surface area contributed by atoms with Gasteiger partial charge in [-0.05, 0) is 41.1 Å². The van der Waals surface area contributed by atoms with E-state index in [2.05, 4.69) is 15.9 Å². The average molecular weight is 374 g/mol. The topological polar surface area (TPSA) is 59.1 Å². The van der Waals surface area contributed by atoms with Gasteiger partial charge in [0.2, 0.25) is 0 Å². The van der Waals surface area contributed by atoms with Crippen LogP contribution in [0.1, 0.15) is 11.1 Å². The van der Waals surface area contributed by atoms with Crippen LogP contribution in [0.4, 0.5) is 0 Å². The fraction of sp³-hybridized carbons (Fsp3) is 0.0714. The second-order valence-electron chi connectivity index (χ2n) is 4.21. The minimum atomic E-state index is -0.0666. The fourth-order valence-corrected chi connectivity index (χ4v) is 2.48. The summed E-state index contributed by atoms with van der Waals surface area (Å²) in [4.78, 5) is 0. The van der Waals surface area contributed by atoms with E-state index in [9.17, 15) is 0 Å². The van der Waals surface area contributed by atoms with Crippen molar-refractivity contribution >= 4 is 45.0 Å². The van der Waals surface area contributed by atoms with Crippen LogP contribution < -0.4 is 10.5 Å². The van der Waals surface area contributed by atoms with Crippen LogP contribution in [-0.2, 0) is 0 Å². The monoisotopic (exact) mass is 372 g/mol. The molecule has 0 aliphatic rings. The van der Waals surface area contributed by atoms with E-state index in [0.29, 0.717) is 31.6 Å². The highest BCUT2D eigenvalue weighted by Gasteiger charge is 2.12. The van der Waals surface area contributed by atoms with Gasteiger partial charge in [0.25, 0.3) is 0 Å². The lowest BCUT2D eigenvalue weighted by Gasteiger charge is -2.13. The molecule has 0 saturated carbocycles. The first-order valence-electron chi connectivity index (χ1n) is 5.66. The normalized spacial score (nSPS) is 10.4. The van der Waals surface area contributed by atoms with Gasteiger partial charge in [0, 0.05) is 10.5 Å². The van der Waals surface area contributed by atoms with Gasteiger partial charge in [-0.15, -0.1) is 0 Å². The molecule has 6 heteroatoms. The molecule has 104 valence electrons. The molecular formula is C14H11BrCl2N2O. The highest BCUT2D eigenvalue weighted by Crippen LogP contribution is 2.37. The van der Waals surface area contributed by atoms with E-state index < -0.39 is 0 Å². The van der Waals surface area contributed by atoms with Crippen molar-refractivity contribution in [2.24, 2.45) is 5.73 Å². The second-order valence-corrected chi connectivity index (χ2v) is 5.88. The number of benzene rings is 2. The van der Waals surface area contributed by atoms with Gasteiger partial charge in [-0.1, -0.05) is 34.8 Å². The highest BCUT2D eigenvalue weighted by atomic mass is 79.9. The number of nitrogens with one attached hydrogen (secondary N) is 1. The van der Waals surface area contributed by atoms with Crippen LogP contribution in [0, 0.1) is 12.3 Å². The van der Waals surface area contributed by atoms with Crippen LogP contribution >= 0.6 is 39.1 Å². The molecule has 2 rings (SSSR count). The largest absolute Gasteiger partial charge is 0.455 e. The Morgan fingerprint density at radius 1 is 1.15 bits per heavy atom. The van der Waals surface area contributed by atoms with Gasteiger partial charge in [0.1, 0.15) is 17.3 Å². The van der Waals surface area contributed by atoms with Crippen molar-refractivity contribution in [3.63, 3.8) is 0 Å². The van der Waals surface area contributed by atoms with Gasteiger partial charge in [-0.2, -0.15) is 0 Å². The lowest BCUT2D eigenvalue weighted by atomic mass is 10.1. The van der Waals surface area contributed by atoms with Gasteiger partial charge < -0.3 is 10.5 Å². The number of hydrogen-bond donors (Lipinski definition) is 2. The molecule has 0 aromatic heterocycles. The molecule has 20 heavy (non-hydrogen) atoms. The Labute approximate surface area is 135 Å². The predicted molar refractivity (Wildman–Crippen MR) is 86.4 cm³/mol. The van der Waals surface area contributed by atoms with E-state index in [1.807, 2.05) is 13.0 Å². The Morgan fingerprint density at radius 2 is 1.85 bits per heavy atom. The second kappa shape index (κ2) is 6.04. The Balaban J connectivity index is 2.45. The summed E-state index contributed by atoms with van der Waals surface area (Å²) in [6.45, 7) is 1.92. The van der Waals surface area contributed by atoms with Crippen molar-refractivity contribution in [3.05, 3.63) is 56.0 Å². The molecule has 0 unspecified atom stereocenters. The van der Waals surface area contributed by atoms with Crippen molar-refractivity contribution < 1.29 is 4.74 Å². The van der Waals surface area contributed by atoms with E-state index in [1.165, 1.54) is 0 Å². The van der Waals surface area contributed by atoms with E-state index in [4.69, 9.17) is 39.1 Å². The number of amidine groups is 1. The molecular weight excluding hydrogens is 363 g/mol. The van der Waals surface area contributed by atoms with E-state index in [1.54, 1.807) is 24.3 Å². The lowest BCUT2D eigenvalue weighted by Crippen LogP contribution is -2.12. The van der Waals surface area contributed by atoms with Crippen LogP contribution in [0.3, 0.4) is 0 Å². The Morgan fingerprint density at radius 3 is 2.50 bits per heavy atom. The van der Waals surface area contributed by atoms with Crippen molar-refractivity contribution in [2.45, 2.75) is 6.92 Å². The molecule has 0 fully saturated rings. The zero-order valence-corrected chi connectivity index (χ0v) is 13.6. The summed E-state index contributed by atoms with van der Waals surface area (Å²) in [6, 6.07) is 8.67. The average Bonchev–Trinajstić information content (AvgIpc) is 2.37. The number of aryl methyl sites for hydroxylation is 1. The summed E-state index contributed by atoms with van der Waals surface area (Å²) in [6.07, 6.45) is 0. The van der Waals surface area contributed by atoms with Gasteiger partial charge in [0.15, 0.2) is 0 Å². The SMILES string of the molecule is Cc1ccc(Oc2cc(Cl)c(Br)cc2Cl)c(C(=N)N)c1. The molecule has 3 N–H and O–H groups in total. The first-order valence-corrected chi connectivity index (χ1v) is 7.21. The first kappa shape index (κ1) is 15.2. The molecule has 0 radical (unpaired) electrons. The molecule has 0 saturated heterocycles. The zero-order valence-electron chi connectivity index (χ0n) is 10.5. The molecule has 0 aliphatic carbocycles. The van der Waals surface area contributed by atoms with Gasteiger partial charge in [-0.25, -0.2) is 0 Å². The lowest BCUT2D eigenvalue weighted by molar-refractivity contribution is 0.481. The van der Waals surface area contributed by atoms with Gasteiger partial charge in [0.05, 0.1) is 15.6 Å². The number of nitrogen functional groups attached to an aromatic ring is 1. The van der Waals surface area contributed by atoms with Crippen LogP contribution in [0.15, 0.2) is 34.8 Å². The molecule has 0 atom stereocenters. The standard InChI is InChI=1S/C14H11BrCl2N2O/c1-7-2-3-12(8(4-7)14(18)19)20-13-6-10(16)9(15)5-11(13)17/h2-6H,1H3,(H3,18,19). The van der Waals surface area contributed by atoms with E-state index in [0.717, 1.165) is 5.56 Å². The van der Waals surface area contributed by atoms with Crippen LogP contribution in [0.5, 0.6) is 11.5 Å². The third-order valence-electron chi connectivity index (χ3n) is 2.62. The summed E-state index contributed by atoms with van der Waals surface area (Å²) in [5.41, 5.74) is 7.07. The maximum absolute atomic E-state index is 7.60. The van der Waals surface area contributed by atoms with Gasteiger partial charge in [-0.3, -0.25) is 5.41 Å². The number of halogens is 3. The molecule has 2 aromatic rings. The third kappa shape index (κ3) is 3.26. The minimum absolute atomic E-state index is 0.0666. The molecule has 0 spiro atoms. The molecule has 3 nitrogen and oxygen atoms in total. The summed E-state index contributed by atoms with van der Waals surface area (Å²) >= 11 is 15.4. The van der Waals surface area contributed by atoms with Crippen molar-refractivity contribution in [2.75, 3.05) is 0 Å². The molecule has 0 amide bonds. The Hall–Kier alpha value is -1.23. The van der Waals surface area contributed by atoms with Crippen molar-refractivity contribution in [1.29, 1.82) is 5.41 Å². The molecule has 0 bridgehead atoms. The van der Waals surface area contributed by atoms with Crippen molar-refractivity contribution in [1.82, 2.24) is 0 Å². The van der Waals surface area contributed by atoms with Crippen LogP contribution in [-0.4, -0.2) is 5.84 Å². The summed E-state index contributed by atoms with van der Waals surface area (Å²) < 4.78 is 6.42. The summed E-state index contributed by atoms with van der Waals surface area (Å²) in [5, 5.41) is 8.50. The number of hydrogen-bond acceptors (Lipinski definition) is 2. The molecule has 2 aromatic carbocycles. The Bertz CT molecular complexity index is 689. The zero-order chi connectivity index (χ0) is 14.9. The van der Waals surface area contributed by atoms with Crippen LogP contribution in [0.25, 0.3) is 0 Å². The van der Waals surface area contributed by atoms with Crippen molar-refractivity contribution in [3.8, 4) is 11.5 Å². The van der Waals surface area contributed by atoms with Crippen LogP contribution in [0.2, 0.25) is 10.0 Å². The fourth-order valence-electron chi connectivity index (χ4n) is 1.64. The maximum atomic E-state index is 7.60. The number of rotatable bonds is 3. The minimum Gasteiger partial charge on any atom is -0.455 e. The summed E-state index contributed by atoms with van der Waals surface area (Å²) in [5.74, 6) is 0.803. The predicted octanol–water partition coefficient (Wildman–Crippen LogP) is 5.14. The number of nitrogens with two attached hydrogens (primary N) is 1. The molecule has 0 heterocycles. The van der Waals surface area contributed by atoms with E-state index >= 15 is 0 Å². The number of ether oxygens (including phenoxy) is 1. The van der Waals surface area contributed by atoms with E-state index in [-0.39, 0.29) is 5.84 Å². The molecule has 0 aliphatic heterocycles. The highest BCUT2D eigenvalue weighted by molar-refractivity contribution is 9.10. The summed E-state index contributed by atoms with van der Waals surface area (Å²) in [7, 11) is 0. The smallest absolute Gasteiger partial charge is 0.147 e. The third-order valence-corrected chi connectivity index (χ3v) is 4.11. The Kier molecular flexibility index (Phi) is 4.58. The van der Waals surface area contributed by atoms with Gasteiger partial charge >= 0.3 is 0 Å². The first-order chi connectivity index (χ1) is 9.38. The quantitative estimate of drug-likeness (QED) is 0.444.